The lowest BCUT2D eigenvalue weighted by Crippen LogP contribution is -2.45. The maximum atomic E-state index is 13.1. The zero-order chi connectivity index (χ0) is 17.2. The third-order valence-electron chi connectivity index (χ3n) is 3.92. The second-order valence-electron chi connectivity index (χ2n) is 5.70. The van der Waals surface area contributed by atoms with Gasteiger partial charge in [-0.15, -0.1) is 0 Å². The number of para-hydroxylation sites is 1. The Morgan fingerprint density at radius 1 is 1.04 bits per heavy atom. The number of piperazine rings is 1. The van der Waals surface area contributed by atoms with E-state index in [4.69, 9.17) is 0 Å². The number of anilines is 3. The van der Waals surface area contributed by atoms with Crippen molar-refractivity contribution in [3.63, 3.8) is 0 Å². The van der Waals surface area contributed by atoms with Crippen molar-refractivity contribution >= 4 is 17.5 Å². The van der Waals surface area contributed by atoms with Gasteiger partial charge in [0.25, 0.3) is 0 Å². The molecule has 1 saturated heterocycles. The monoisotopic (exact) mass is 337 g/mol. The number of alkyl halides is 3. The third-order valence-corrected chi connectivity index (χ3v) is 3.92. The fourth-order valence-corrected chi connectivity index (χ4v) is 2.55. The van der Waals surface area contributed by atoms with Crippen LogP contribution in [0.3, 0.4) is 0 Å². The molecule has 8 heteroatoms. The highest BCUT2D eigenvalue weighted by atomic mass is 19.4. The summed E-state index contributed by atoms with van der Waals surface area (Å²) in [5.74, 6) is 0.869. The predicted molar refractivity (Wildman–Crippen MR) is 86.5 cm³/mol. The maximum Gasteiger partial charge on any atom is 0.418 e. The standard InChI is InChI=1S/C16H18F3N5/c1-23-8-10-24(11-9-23)15-20-7-6-14(22-15)21-13-5-3-2-4-12(13)16(17,18)19/h2-7H,8-11H2,1H3,(H,20,21,22). The smallest absolute Gasteiger partial charge is 0.340 e. The van der Waals surface area contributed by atoms with E-state index in [-0.39, 0.29) is 5.69 Å². The highest BCUT2D eigenvalue weighted by molar-refractivity contribution is 5.62. The van der Waals surface area contributed by atoms with Gasteiger partial charge in [0.15, 0.2) is 0 Å². The average molecular weight is 337 g/mol. The van der Waals surface area contributed by atoms with E-state index in [1.54, 1.807) is 18.3 Å². The Hall–Kier alpha value is -2.35. The van der Waals surface area contributed by atoms with Crippen LogP contribution in [0.4, 0.5) is 30.6 Å². The highest BCUT2D eigenvalue weighted by Gasteiger charge is 2.33. The quantitative estimate of drug-likeness (QED) is 0.933. The van der Waals surface area contributed by atoms with Gasteiger partial charge >= 0.3 is 6.18 Å². The summed E-state index contributed by atoms with van der Waals surface area (Å²) in [6, 6.07) is 6.92. The number of nitrogens with zero attached hydrogens (tertiary/aromatic N) is 4. The number of benzene rings is 1. The molecule has 3 rings (SSSR count). The molecule has 0 aliphatic carbocycles. The van der Waals surface area contributed by atoms with E-state index in [2.05, 4.69) is 20.2 Å². The lowest BCUT2D eigenvalue weighted by Gasteiger charge is -2.32. The SMILES string of the molecule is CN1CCN(c2nccc(Nc3ccccc3C(F)(F)F)n2)CC1. The van der Waals surface area contributed by atoms with Crippen molar-refractivity contribution in [2.75, 3.05) is 43.4 Å². The number of nitrogens with one attached hydrogen (secondary N) is 1. The number of hydrogen-bond donors (Lipinski definition) is 1. The van der Waals surface area contributed by atoms with E-state index in [0.29, 0.717) is 11.8 Å². The van der Waals surface area contributed by atoms with Gasteiger partial charge in [0.05, 0.1) is 11.3 Å². The van der Waals surface area contributed by atoms with Crippen LogP contribution >= 0.6 is 0 Å². The van der Waals surface area contributed by atoms with Crippen LogP contribution in [0.25, 0.3) is 0 Å². The summed E-state index contributed by atoms with van der Waals surface area (Å²) in [7, 11) is 2.05. The molecule has 2 heterocycles. The number of hydrogen-bond acceptors (Lipinski definition) is 5. The first kappa shape index (κ1) is 16.5. The van der Waals surface area contributed by atoms with Crippen molar-refractivity contribution in [1.82, 2.24) is 14.9 Å². The minimum absolute atomic E-state index is 0.0203. The molecule has 1 aliphatic heterocycles. The van der Waals surface area contributed by atoms with Crippen LogP contribution in [-0.2, 0) is 6.18 Å². The molecule has 1 aliphatic rings. The molecular formula is C16H18F3N5. The fourth-order valence-electron chi connectivity index (χ4n) is 2.55. The number of rotatable bonds is 3. The summed E-state index contributed by atoms with van der Waals surface area (Å²) in [6.07, 6.45) is -2.86. The van der Waals surface area contributed by atoms with E-state index >= 15 is 0 Å². The molecule has 0 bridgehead atoms. The molecule has 0 amide bonds. The molecule has 1 aromatic carbocycles. The Morgan fingerprint density at radius 3 is 2.46 bits per heavy atom. The summed E-state index contributed by atoms with van der Waals surface area (Å²) < 4.78 is 39.2. The van der Waals surface area contributed by atoms with Gasteiger partial charge in [-0.2, -0.15) is 18.2 Å². The van der Waals surface area contributed by atoms with Crippen molar-refractivity contribution in [1.29, 1.82) is 0 Å². The van der Waals surface area contributed by atoms with E-state index < -0.39 is 11.7 Å². The van der Waals surface area contributed by atoms with Gasteiger partial charge in [0.2, 0.25) is 5.95 Å². The summed E-state index contributed by atoms with van der Waals surface area (Å²) in [5.41, 5.74) is -0.738. The van der Waals surface area contributed by atoms with Crippen molar-refractivity contribution in [3.8, 4) is 0 Å². The van der Waals surface area contributed by atoms with Gasteiger partial charge in [0, 0.05) is 32.4 Å². The van der Waals surface area contributed by atoms with E-state index in [9.17, 15) is 13.2 Å². The number of likely N-dealkylation sites (N-methyl/N-ethyl adjacent to an activating group) is 1. The van der Waals surface area contributed by atoms with Gasteiger partial charge in [-0.1, -0.05) is 12.1 Å². The normalized spacial score (nSPS) is 16.2. The van der Waals surface area contributed by atoms with Gasteiger partial charge < -0.3 is 15.1 Å². The van der Waals surface area contributed by atoms with Gasteiger partial charge in [-0.05, 0) is 25.2 Å². The van der Waals surface area contributed by atoms with Crippen molar-refractivity contribution in [3.05, 3.63) is 42.1 Å². The van der Waals surface area contributed by atoms with E-state index in [1.165, 1.54) is 12.1 Å². The fraction of sp³-hybridized carbons (Fsp3) is 0.375. The van der Waals surface area contributed by atoms with Crippen LogP contribution < -0.4 is 10.2 Å². The van der Waals surface area contributed by atoms with Gasteiger partial charge in [-0.3, -0.25) is 0 Å². The summed E-state index contributed by atoms with van der Waals surface area (Å²) in [4.78, 5) is 12.8. The second-order valence-corrected chi connectivity index (χ2v) is 5.70. The molecule has 128 valence electrons. The predicted octanol–water partition coefficient (Wildman–Crippen LogP) is 2.99. The summed E-state index contributed by atoms with van der Waals surface area (Å²) in [5, 5.41) is 2.76. The summed E-state index contributed by atoms with van der Waals surface area (Å²) >= 11 is 0. The Balaban J connectivity index is 1.81. The maximum absolute atomic E-state index is 13.1. The van der Waals surface area contributed by atoms with Crippen LogP contribution in [0, 0.1) is 0 Å². The molecule has 1 N–H and O–H groups in total. The lowest BCUT2D eigenvalue weighted by atomic mass is 10.1. The van der Waals surface area contributed by atoms with Crippen LogP contribution in [0.5, 0.6) is 0 Å². The van der Waals surface area contributed by atoms with E-state index in [1.807, 2.05) is 11.9 Å². The minimum atomic E-state index is -4.42. The molecular weight excluding hydrogens is 319 g/mol. The third kappa shape index (κ3) is 3.76. The highest BCUT2D eigenvalue weighted by Crippen LogP contribution is 2.35. The minimum Gasteiger partial charge on any atom is -0.340 e. The van der Waals surface area contributed by atoms with Crippen LogP contribution in [0.1, 0.15) is 5.56 Å². The lowest BCUT2D eigenvalue weighted by molar-refractivity contribution is -0.136. The molecule has 24 heavy (non-hydrogen) atoms. The largest absolute Gasteiger partial charge is 0.418 e. The Kier molecular flexibility index (Phi) is 4.57. The van der Waals surface area contributed by atoms with E-state index in [0.717, 1.165) is 32.2 Å². The van der Waals surface area contributed by atoms with Crippen LogP contribution in [0.15, 0.2) is 36.5 Å². The topological polar surface area (TPSA) is 44.3 Å². The molecule has 0 spiro atoms. The zero-order valence-electron chi connectivity index (χ0n) is 13.2. The molecule has 0 atom stereocenters. The Morgan fingerprint density at radius 2 is 1.75 bits per heavy atom. The molecule has 1 fully saturated rings. The number of halogens is 3. The first-order valence-corrected chi connectivity index (χ1v) is 7.63. The second kappa shape index (κ2) is 6.64. The zero-order valence-corrected chi connectivity index (χ0v) is 13.2. The van der Waals surface area contributed by atoms with Crippen molar-refractivity contribution in [2.45, 2.75) is 6.18 Å². The Bertz CT molecular complexity index is 696. The van der Waals surface area contributed by atoms with Gasteiger partial charge in [-0.25, -0.2) is 4.98 Å². The Labute approximate surface area is 138 Å². The molecule has 0 radical (unpaired) electrons. The van der Waals surface area contributed by atoms with Crippen LogP contribution in [0.2, 0.25) is 0 Å². The molecule has 2 aromatic rings. The molecule has 0 saturated carbocycles. The van der Waals surface area contributed by atoms with Crippen molar-refractivity contribution < 1.29 is 13.2 Å². The van der Waals surface area contributed by atoms with Crippen molar-refractivity contribution in [2.24, 2.45) is 0 Å². The van der Waals surface area contributed by atoms with Crippen LogP contribution in [-0.4, -0.2) is 48.1 Å². The average Bonchev–Trinajstić information content (AvgIpc) is 2.55. The summed E-state index contributed by atoms with van der Waals surface area (Å²) in [6.45, 7) is 3.38. The molecule has 5 nitrogen and oxygen atoms in total. The van der Waals surface area contributed by atoms with Gasteiger partial charge in [0.1, 0.15) is 5.82 Å². The first-order chi connectivity index (χ1) is 11.4. The molecule has 1 aromatic heterocycles. The molecule has 0 unspecified atom stereocenters. The first-order valence-electron chi connectivity index (χ1n) is 7.63. The number of aromatic nitrogens is 2.